The van der Waals surface area contributed by atoms with Crippen LogP contribution in [0.1, 0.15) is 37.0 Å². The molecular formula is C25H29N3O2. The standard InChI is InChI=1S/C25H29N3O2/c1-3-14-28(15-4-2)25(30)21-10-7-11-23(17-21)27-24(29)18-26-22-13-12-19-8-5-6-9-20(19)16-22/h5-13,16-17,26H,3-4,14-15,18H2,1-2H3,(H,27,29). The Balaban J connectivity index is 1.60. The van der Waals surface area contributed by atoms with Crippen molar-refractivity contribution < 1.29 is 9.59 Å². The Morgan fingerprint density at radius 2 is 1.53 bits per heavy atom. The predicted octanol–water partition coefficient (Wildman–Crippen LogP) is 5.15. The fourth-order valence-corrected chi connectivity index (χ4v) is 3.45. The molecule has 0 spiro atoms. The number of anilines is 2. The number of hydrogen-bond acceptors (Lipinski definition) is 3. The van der Waals surface area contributed by atoms with Crippen molar-refractivity contribution >= 4 is 34.0 Å². The molecule has 5 heteroatoms. The van der Waals surface area contributed by atoms with E-state index in [-0.39, 0.29) is 18.4 Å². The molecule has 0 fully saturated rings. The summed E-state index contributed by atoms with van der Waals surface area (Å²) < 4.78 is 0. The van der Waals surface area contributed by atoms with E-state index in [1.165, 1.54) is 0 Å². The van der Waals surface area contributed by atoms with Crippen molar-refractivity contribution in [3.05, 3.63) is 72.3 Å². The number of amides is 2. The van der Waals surface area contributed by atoms with E-state index < -0.39 is 0 Å². The highest BCUT2D eigenvalue weighted by Crippen LogP contribution is 2.19. The summed E-state index contributed by atoms with van der Waals surface area (Å²) in [6, 6.07) is 21.3. The molecule has 0 aliphatic rings. The zero-order valence-corrected chi connectivity index (χ0v) is 17.7. The van der Waals surface area contributed by atoms with Gasteiger partial charge in [0.1, 0.15) is 0 Å². The molecular weight excluding hydrogens is 374 g/mol. The summed E-state index contributed by atoms with van der Waals surface area (Å²) in [5.74, 6) is -0.157. The van der Waals surface area contributed by atoms with Crippen LogP contribution in [0.4, 0.5) is 11.4 Å². The third-order valence-electron chi connectivity index (χ3n) is 4.87. The summed E-state index contributed by atoms with van der Waals surface area (Å²) >= 11 is 0. The minimum absolute atomic E-state index is 0.00378. The van der Waals surface area contributed by atoms with Crippen LogP contribution in [0.25, 0.3) is 10.8 Å². The fourth-order valence-electron chi connectivity index (χ4n) is 3.45. The van der Waals surface area contributed by atoms with Crippen LogP contribution >= 0.6 is 0 Å². The van der Waals surface area contributed by atoms with Gasteiger partial charge in [0.05, 0.1) is 6.54 Å². The van der Waals surface area contributed by atoms with Gasteiger partial charge in [-0.2, -0.15) is 0 Å². The number of hydrogen-bond donors (Lipinski definition) is 2. The van der Waals surface area contributed by atoms with Crippen molar-refractivity contribution in [2.24, 2.45) is 0 Å². The molecule has 0 aliphatic heterocycles. The third-order valence-corrected chi connectivity index (χ3v) is 4.87. The first-order valence-corrected chi connectivity index (χ1v) is 10.5. The Labute approximate surface area is 178 Å². The van der Waals surface area contributed by atoms with Gasteiger partial charge in [-0.25, -0.2) is 0 Å². The van der Waals surface area contributed by atoms with Crippen molar-refractivity contribution in [2.45, 2.75) is 26.7 Å². The molecule has 0 atom stereocenters. The van der Waals surface area contributed by atoms with Gasteiger partial charge in [0, 0.05) is 30.0 Å². The normalized spacial score (nSPS) is 10.6. The van der Waals surface area contributed by atoms with Gasteiger partial charge in [0.2, 0.25) is 5.91 Å². The summed E-state index contributed by atoms with van der Waals surface area (Å²) in [6.07, 6.45) is 1.84. The number of benzene rings is 3. The van der Waals surface area contributed by atoms with Gasteiger partial charge >= 0.3 is 0 Å². The molecule has 0 radical (unpaired) electrons. The van der Waals surface area contributed by atoms with E-state index in [1.807, 2.05) is 41.3 Å². The summed E-state index contributed by atoms with van der Waals surface area (Å²) in [4.78, 5) is 27.0. The second kappa shape index (κ2) is 10.4. The molecule has 0 saturated heterocycles. The highest BCUT2D eigenvalue weighted by atomic mass is 16.2. The number of fused-ring (bicyclic) bond motifs is 1. The van der Waals surface area contributed by atoms with E-state index in [2.05, 4.69) is 30.5 Å². The Morgan fingerprint density at radius 1 is 0.800 bits per heavy atom. The number of nitrogens with zero attached hydrogens (tertiary/aromatic N) is 1. The first-order valence-electron chi connectivity index (χ1n) is 10.5. The second-order valence-electron chi connectivity index (χ2n) is 7.34. The maximum Gasteiger partial charge on any atom is 0.253 e. The van der Waals surface area contributed by atoms with Crippen LogP contribution in [0.15, 0.2) is 66.7 Å². The lowest BCUT2D eigenvalue weighted by Gasteiger charge is -2.21. The topological polar surface area (TPSA) is 61.4 Å². The van der Waals surface area contributed by atoms with Crippen LogP contribution in [0.5, 0.6) is 0 Å². The lowest BCUT2D eigenvalue weighted by atomic mass is 10.1. The molecule has 30 heavy (non-hydrogen) atoms. The Bertz CT molecular complexity index is 1010. The molecule has 5 nitrogen and oxygen atoms in total. The highest BCUT2D eigenvalue weighted by molar-refractivity contribution is 5.98. The highest BCUT2D eigenvalue weighted by Gasteiger charge is 2.15. The van der Waals surface area contributed by atoms with Crippen molar-refractivity contribution in [2.75, 3.05) is 30.3 Å². The van der Waals surface area contributed by atoms with Gasteiger partial charge in [-0.1, -0.05) is 50.2 Å². The van der Waals surface area contributed by atoms with Gasteiger partial charge < -0.3 is 15.5 Å². The summed E-state index contributed by atoms with van der Waals surface area (Å²) in [7, 11) is 0. The zero-order valence-electron chi connectivity index (χ0n) is 17.7. The van der Waals surface area contributed by atoms with Crippen molar-refractivity contribution in [1.82, 2.24) is 4.90 Å². The van der Waals surface area contributed by atoms with E-state index in [0.29, 0.717) is 11.3 Å². The molecule has 3 rings (SSSR count). The van der Waals surface area contributed by atoms with Crippen molar-refractivity contribution in [3.63, 3.8) is 0 Å². The lowest BCUT2D eigenvalue weighted by molar-refractivity contribution is -0.114. The summed E-state index contributed by atoms with van der Waals surface area (Å²) in [5.41, 5.74) is 2.11. The molecule has 2 amide bonds. The molecule has 0 aliphatic carbocycles. The van der Waals surface area contributed by atoms with Crippen molar-refractivity contribution in [1.29, 1.82) is 0 Å². The molecule has 156 valence electrons. The zero-order chi connectivity index (χ0) is 21.3. The van der Waals surface area contributed by atoms with Crippen molar-refractivity contribution in [3.8, 4) is 0 Å². The SMILES string of the molecule is CCCN(CCC)C(=O)c1cccc(NC(=O)CNc2ccc3ccccc3c2)c1. The molecule has 0 aromatic heterocycles. The predicted molar refractivity (Wildman–Crippen MR) is 124 cm³/mol. The molecule has 0 heterocycles. The number of carbonyl (C=O) groups is 2. The first-order chi connectivity index (χ1) is 14.6. The van der Waals surface area contributed by atoms with Crippen LogP contribution in [-0.2, 0) is 4.79 Å². The maximum absolute atomic E-state index is 12.8. The van der Waals surface area contributed by atoms with Crippen LogP contribution in [0, 0.1) is 0 Å². The molecule has 3 aromatic carbocycles. The average Bonchev–Trinajstić information content (AvgIpc) is 2.77. The van der Waals surface area contributed by atoms with Gasteiger partial charge in [-0.05, 0) is 53.9 Å². The van der Waals surface area contributed by atoms with E-state index in [9.17, 15) is 9.59 Å². The number of carbonyl (C=O) groups excluding carboxylic acids is 2. The van der Waals surface area contributed by atoms with Gasteiger partial charge in [-0.15, -0.1) is 0 Å². The van der Waals surface area contributed by atoms with Gasteiger partial charge in [0.15, 0.2) is 0 Å². The Morgan fingerprint density at radius 3 is 2.27 bits per heavy atom. The maximum atomic E-state index is 12.8. The minimum atomic E-state index is -0.160. The fraction of sp³-hybridized carbons (Fsp3) is 0.280. The number of nitrogens with one attached hydrogen (secondary N) is 2. The van der Waals surface area contributed by atoms with Gasteiger partial charge in [0.25, 0.3) is 5.91 Å². The molecule has 0 unspecified atom stereocenters. The average molecular weight is 404 g/mol. The summed E-state index contributed by atoms with van der Waals surface area (Å²) in [5, 5.41) is 8.32. The van der Waals surface area contributed by atoms with Gasteiger partial charge in [-0.3, -0.25) is 9.59 Å². The largest absolute Gasteiger partial charge is 0.376 e. The first kappa shape index (κ1) is 21.4. The van der Waals surface area contributed by atoms with Crippen LogP contribution < -0.4 is 10.6 Å². The molecule has 2 N–H and O–H groups in total. The van der Waals surface area contributed by atoms with E-state index in [0.717, 1.165) is 42.4 Å². The quantitative estimate of drug-likeness (QED) is 0.519. The van der Waals surface area contributed by atoms with Crippen LogP contribution in [-0.4, -0.2) is 36.3 Å². The Kier molecular flexibility index (Phi) is 7.44. The minimum Gasteiger partial charge on any atom is -0.376 e. The van der Waals surface area contributed by atoms with E-state index in [1.54, 1.807) is 24.3 Å². The van der Waals surface area contributed by atoms with Crippen LogP contribution in [0.3, 0.4) is 0 Å². The second-order valence-corrected chi connectivity index (χ2v) is 7.34. The molecule has 3 aromatic rings. The number of rotatable bonds is 9. The summed E-state index contributed by atoms with van der Waals surface area (Å²) in [6.45, 7) is 5.75. The van der Waals surface area contributed by atoms with Crippen LogP contribution in [0.2, 0.25) is 0 Å². The monoisotopic (exact) mass is 403 g/mol. The molecule has 0 saturated carbocycles. The Hall–Kier alpha value is -3.34. The molecule has 0 bridgehead atoms. The van der Waals surface area contributed by atoms with E-state index >= 15 is 0 Å². The lowest BCUT2D eigenvalue weighted by Crippen LogP contribution is -2.32. The third kappa shape index (κ3) is 5.60. The van der Waals surface area contributed by atoms with E-state index in [4.69, 9.17) is 0 Å². The smallest absolute Gasteiger partial charge is 0.253 e.